The monoisotopic (exact) mass is 282 g/mol. The number of nitrogens with two attached hydrogens (primary N) is 1. The van der Waals surface area contributed by atoms with Crippen LogP contribution in [0.3, 0.4) is 0 Å². The average molecular weight is 284 g/mol. The number of amidine groups is 1. The van der Waals surface area contributed by atoms with Gasteiger partial charge in [-0.1, -0.05) is 11.6 Å². The summed E-state index contributed by atoms with van der Waals surface area (Å²) in [5.41, 5.74) is 6.18. The lowest BCUT2D eigenvalue weighted by Gasteiger charge is -1.98. The normalized spacial score (nSPS) is 10.8. The zero-order valence-electron chi connectivity index (χ0n) is 6.92. The van der Waals surface area contributed by atoms with Crippen LogP contribution in [0.15, 0.2) is 27.7 Å². The highest BCUT2D eigenvalue weighted by Crippen LogP contribution is 2.28. The van der Waals surface area contributed by atoms with Gasteiger partial charge in [0.25, 0.3) is 0 Å². The number of benzene rings is 1. The molecule has 2 N–H and O–H groups in total. The molecule has 0 spiro atoms. The van der Waals surface area contributed by atoms with Gasteiger partial charge in [0.2, 0.25) is 0 Å². The van der Waals surface area contributed by atoms with Gasteiger partial charge in [-0.3, -0.25) is 0 Å². The predicted octanol–water partition coefficient (Wildman–Crippen LogP) is 3.53. The van der Waals surface area contributed by atoms with E-state index in [0.29, 0.717) is 10.9 Å². The van der Waals surface area contributed by atoms with E-state index in [-0.39, 0.29) is 12.4 Å². The zero-order valence-corrected chi connectivity index (χ0v) is 10.1. The van der Waals surface area contributed by atoms with E-state index in [9.17, 15) is 0 Å². The zero-order chi connectivity index (χ0) is 9.14. The van der Waals surface area contributed by atoms with E-state index in [0.717, 1.165) is 10.2 Å². The SMILES string of the molecule is CC(N)=Nc1cc(Cl)ccc1Br.Cl. The molecular weight excluding hydrogens is 275 g/mol. The Hall–Kier alpha value is -0.250. The van der Waals surface area contributed by atoms with Gasteiger partial charge in [-0.15, -0.1) is 12.4 Å². The molecular formula is C8H9BrCl2N2. The fourth-order valence-electron chi connectivity index (χ4n) is 0.761. The van der Waals surface area contributed by atoms with E-state index >= 15 is 0 Å². The number of nitrogens with zero attached hydrogens (tertiary/aromatic N) is 1. The van der Waals surface area contributed by atoms with Crippen LogP contribution in [0.25, 0.3) is 0 Å². The first-order valence-electron chi connectivity index (χ1n) is 3.35. The highest BCUT2D eigenvalue weighted by molar-refractivity contribution is 9.10. The molecule has 5 heteroatoms. The summed E-state index contributed by atoms with van der Waals surface area (Å²) in [5, 5.41) is 0.651. The first-order valence-corrected chi connectivity index (χ1v) is 4.52. The van der Waals surface area contributed by atoms with E-state index in [2.05, 4.69) is 20.9 Å². The first-order chi connectivity index (χ1) is 5.59. The lowest BCUT2D eigenvalue weighted by atomic mass is 10.3. The molecule has 0 aliphatic rings. The van der Waals surface area contributed by atoms with Crippen LogP contribution < -0.4 is 5.73 Å². The van der Waals surface area contributed by atoms with Gasteiger partial charge in [-0.05, 0) is 41.1 Å². The minimum Gasteiger partial charge on any atom is -0.387 e. The average Bonchev–Trinajstić information content (AvgIpc) is 1.96. The minimum atomic E-state index is 0. The predicted molar refractivity (Wildman–Crippen MR) is 63.4 cm³/mol. The second-order valence-corrected chi connectivity index (χ2v) is 3.64. The third-order valence-corrected chi connectivity index (χ3v) is 2.11. The standard InChI is InChI=1S/C8H8BrClN2.ClH/c1-5(11)12-8-4-6(10)2-3-7(8)9;/h2-4H,1H3,(H2,11,12);1H. The van der Waals surface area contributed by atoms with E-state index in [1.807, 2.05) is 6.07 Å². The molecule has 0 unspecified atom stereocenters. The van der Waals surface area contributed by atoms with Crippen molar-refractivity contribution in [3.05, 3.63) is 27.7 Å². The largest absolute Gasteiger partial charge is 0.387 e. The Morgan fingerprint density at radius 1 is 1.54 bits per heavy atom. The summed E-state index contributed by atoms with van der Waals surface area (Å²) in [4.78, 5) is 4.08. The maximum atomic E-state index is 5.77. The second-order valence-electron chi connectivity index (χ2n) is 2.35. The number of aliphatic imine (C=N–C) groups is 1. The van der Waals surface area contributed by atoms with Gasteiger partial charge in [0.15, 0.2) is 0 Å². The maximum Gasteiger partial charge on any atom is 0.0965 e. The van der Waals surface area contributed by atoms with Gasteiger partial charge in [0, 0.05) is 9.50 Å². The maximum absolute atomic E-state index is 5.77. The highest BCUT2D eigenvalue weighted by atomic mass is 79.9. The minimum absolute atomic E-state index is 0. The Morgan fingerprint density at radius 2 is 2.15 bits per heavy atom. The lowest BCUT2D eigenvalue weighted by Crippen LogP contribution is -2.03. The molecule has 0 fully saturated rings. The van der Waals surface area contributed by atoms with Crippen molar-refractivity contribution in [1.29, 1.82) is 0 Å². The molecule has 0 aliphatic carbocycles. The Balaban J connectivity index is 0.00000144. The molecule has 0 amide bonds. The summed E-state index contributed by atoms with van der Waals surface area (Å²) >= 11 is 9.11. The summed E-state index contributed by atoms with van der Waals surface area (Å²) in [6, 6.07) is 5.38. The summed E-state index contributed by atoms with van der Waals surface area (Å²) in [5.74, 6) is 0.512. The van der Waals surface area contributed by atoms with Crippen molar-refractivity contribution in [2.75, 3.05) is 0 Å². The van der Waals surface area contributed by atoms with E-state index in [4.69, 9.17) is 17.3 Å². The molecule has 0 radical (unpaired) electrons. The molecule has 72 valence electrons. The van der Waals surface area contributed by atoms with Crippen molar-refractivity contribution in [1.82, 2.24) is 0 Å². The van der Waals surface area contributed by atoms with Crippen LogP contribution in [0.4, 0.5) is 5.69 Å². The van der Waals surface area contributed by atoms with Crippen molar-refractivity contribution < 1.29 is 0 Å². The summed E-state index contributed by atoms with van der Waals surface area (Å²) < 4.78 is 0.886. The third-order valence-electron chi connectivity index (χ3n) is 1.20. The van der Waals surface area contributed by atoms with Crippen molar-refractivity contribution in [2.45, 2.75) is 6.92 Å². The summed E-state index contributed by atoms with van der Waals surface area (Å²) in [6.45, 7) is 1.73. The molecule has 0 heterocycles. The van der Waals surface area contributed by atoms with Crippen LogP contribution >= 0.6 is 39.9 Å². The van der Waals surface area contributed by atoms with Gasteiger partial charge in [0.05, 0.1) is 11.5 Å². The molecule has 1 aromatic rings. The van der Waals surface area contributed by atoms with Gasteiger partial charge >= 0.3 is 0 Å². The molecule has 13 heavy (non-hydrogen) atoms. The fraction of sp³-hybridized carbons (Fsp3) is 0.125. The van der Waals surface area contributed by atoms with Crippen molar-refractivity contribution in [3.63, 3.8) is 0 Å². The van der Waals surface area contributed by atoms with E-state index < -0.39 is 0 Å². The molecule has 1 rings (SSSR count). The number of halogens is 3. The van der Waals surface area contributed by atoms with Crippen LogP contribution in [-0.2, 0) is 0 Å². The van der Waals surface area contributed by atoms with Crippen molar-refractivity contribution in [2.24, 2.45) is 10.7 Å². The molecule has 0 saturated heterocycles. The van der Waals surface area contributed by atoms with Gasteiger partial charge in [-0.2, -0.15) is 0 Å². The van der Waals surface area contributed by atoms with Crippen molar-refractivity contribution >= 4 is 51.5 Å². The Bertz CT molecular complexity index is 322. The summed E-state index contributed by atoms with van der Waals surface area (Å²) in [6.07, 6.45) is 0. The molecule has 0 saturated carbocycles. The molecule has 0 aliphatic heterocycles. The Labute approximate surface area is 96.7 Å². The molecule has 0 aromatic heterocycles. The quantitative estimate of drug-likeness (QED) is 0.621. The molecule has 1 aromatic carbocycles. The second kappa shape index (κ2) is 5.47. The number of hydrogen-bond acceptors (Lipinski definition) is 1. The van der Waals surface area contributed by atoms with Crippen LogP contribution in [0, 0.1) is 0 Å². The molecule has 0 atom stereocenters. The number of rotatable bonds is 1. The van der Waals surface area contributed by atoms with Crippen LogP contribution in [0.1, 0.15) is 6.92 Å². The van der Waals surface area contributed by atoms with Crippen LogP contribution in [-0.4, -0.2) is 5.84 Å². The Kier molecular flexibility index (Phi) is 5.37. The van der Waals surface area contributed by atoms with Crippen LogP contribution in [0.5, 0.6) is 0 Å². The first kappa shape index (κ1) is 12.8. The molecule has 0 bridgehead atoms. The fourth-order valence-corrected chi connectivity index (χ4v) is 1.26. The summed E-state index contributed by atoms with van der Waals surface area (Å²) in [7, 11) is 0. The lowest BCUT2D eigenvalue weighted by molar-refractivity contribution is 1.43. The van der Waals surface area contributed by atoms with Gasteiger partial charge in [-0.25, -0.2) is 4.99 Å². The third kappa shape index (κ3) is 3.98. The molecule has 2 nitrogen and oxygen atoms in total. The van der Waals surface area contributed by atoms with Crippen molar-refractivity contribution in [3.8, 4) is 0 Å². The van der Waals surface area contributed by atoms with Gasteiger partial charge < -0.3 is 5.73 Å². The topological polar surface area (TPSA) is 38.4 Å². The van der Waals surface area contributed by atoms with Crippen LogP contribution in [0.2, 0.25) is 5.02 Å². The Morgan fingerprint density at radius 3 is 2.69 bits per heavy atom. The van der Waals surface area contributed by atoms with E-state index in [1.165, 1.54) is 0 Å². The number of hydrogen-bond donors (Lipinski definition) is 1. The highest BCUT2D eigenvalue weighted by Gasteiger charge is 1.98. The van der Waals surface area contributed by atoms with Gasteiger partial charge in [0.1, 0.15) is 0 Å². The van der Waals surface area contributed by atoms with E-state index in [1.54, 1.807) is 19.1 Å². The smallest absolute Gasteiger partial charge is 0.0965 e.